The van der Waals surface area contributed by atoms with Crippen LogP contribution in [0, 0.1) is 11.8 Å². The van der Waals surface area contributed by atoms with Crippen LogP contribution in [0.15, 0.2) is 77.9 Å². The lowest BCUT2D eigenvalue weighted by Crippen LogP contribution is -2.50. The Morgan fingerprint density at radius 3 is 2.07 bits per heavy atom. The van der Waals surface area contributed by atoms with Gasteiger partial charge in [0.15, 0.2) is 0 Å². The molecule has 0 aliphatic carbocycles. The summed E-state index contributed by atoms with van der Waals surface area (Å²) in [5.74, 6) is -7.39. The van der Waals surface area contributed by atoms with Gasteiger partial charge in [-0.05, 0) is 31.0 Å². The van der Waals surface area contributed by atoms with Crippen molar-refractivity contribution in [3.63, 3.8) is 0 Å². The van der Waals surface area contributed by atoms with E-state index in [9.17, 15) is 40.7 Å². The lowest BCUT2D eigenvalue weighted by Gasteiger charge is -2.28. The maximum Gasteiger partial charge on any atom is 0.389 e. The van der Waals surface area contributed by atoms with Gasteiger partial charge in [-0.3, -0.25) is 19.3 Å². The van der Waals surface area contributed by atoms with E-state index in [0.29, 0.717) is 16.8 Å². The molecule has 0 fully saturated rings. The maximum absolute atomic E-state index is 14.1. The van der Waals surface area contributed by atoms with Gasteiger partial charge in [-0.1, -0.05) is 60.1 Å². The van der Waals surface area contributed by atoms with Crippen LogP contribution < -0.4 is 16.0 Å². The number of pyridine rings is 1. The minimum Gasteiger partial charge on any atom is -0.369 e. The maximum atomic E-state index is 14.1. The number of rotatable bonds is 10. The SMILES string of the molecule is NC(=O)[C@H](CCC(F)(F)F)[C@H](CCC(F)(F)F)C(=O)N[C@H]1N=C(c2ccccc2)c2ccccc2N(c2ccc(Cl)cn2)C1=O. The molecule has 0 unspecified atom stereocenters. The van der Waals surface area contributed by atoms with Crippen LogP contribution in [0.25, 0.3) is 0 Å². The van der Waals surface area contributed by atoms with E-state index in [1.54, 1.807) is 54.6 Å². The topological polar surface area (TPSA) is 118 Å². The molecule has 0 saturated heterocycles. The van der Waals surface area contributed by atoms with Crippen LogP contribution in [-0.4, -0.2) is 46.9 Å². The first kappa shape index (κ1) is 33.4. The third-order valence-corrected chi connectivity index (χ3v) is 7.27. The molecule has 3 amide bonds. The molecule has 15 heteroatoms. The molecule has 0 saturated carbocycles. The summed E-state index contributed by atoms with van der Waals surface area (Å²) in [6, 6.07) is 18.0. The number of nitrogens with one attached hydrogen (secondary N) is 1. The molecule has 0 spiro atoms. The molecule has 0 bridgehead atoms. The highest BCUT2D eigenvalue weighted by Gasteiger charge is 2.41. The predicted octanol–water partition coefficient (Wildman–Crippen LogP) is 6.10. The molecule has 238 valence electrons. The first-order valence-corrected chi connectivity index (χ1v) is 13.9. The van der Waals surface area contributed by atoms with Crippen molar-refractivity contribution >= 4 is 46.5 Å². The van der Waals surface area contributed by atoms with Crippen LogP contribution in [-0.2, 0) is 14.4 Å². The number of halogens is 7. The number of aromatic nitrogens is 1. The van der Waals surface area contributed by atoms with Crippen molar-refractivity contribution in [3.8, 4) is 0 Å². The summed E-state index contributed by atoms with van der Waals surface area (Å²) in [6.07, 6.45) is -15.4. The molecule has 1 aromatic heterocycles. The molecule has 3 aromatic rings. The lowest BCUT2D eigenvalue weighted by molar-refractivity contribution is -0.152. The molecule has 1 aliphatic heterocycles. The van der Waals surface area contributed by atoms with Gasteiger partial charge < -0.3 is 11.1 Å². The highest BCUT2D eigenvalue weighted by molar-refractivity contribution is 6.30. The molecule has 0 radical (unpaired) electrons. The Balaban J connectivity index is 1.81. The summed E-state index contributed by atoms with van der Waals surface area (Å²) in [5.41, 5.74) is 6.76. The van der Waals surface area contributed by atoms with Crippen molar-refractivity contribution in [2.24, 2.45) is 22.6 Å². The number of alkyl halides is 6. The zero-order valence-corrected chi connectivity index (χ0v) is 24.0. The number of nitrogens with two attached hydrogens (primary N) is 1. The fraction of sp³-hybridized carbons (Fsp3) is 0.300. The Kier molecular flexibility index (Phi) is 10.2. The van der Waals surface area contributed by atoms with Crippen molar-refractivity contribution in [3.05, 3.63) is 89.1 Å². The fourth-order valence-corrected chi connectivity index (χ4v) is 5.07. The van der Waals surface area contributed by atoms with Gasteiger partial charge >= 0.3 is 12.4 Å². The van der Waals surface area contributed by atoms with E-state index in [-0.39, 0.29) is 16.6 Å². The minimum atomic E-state index is -4.81. The standard InChI is InChI=1S/C30H26ClF6N5O3/c31-18-10-11-23(39-16-18)42-22-9-5-4-8-21(22)24(17-6-2-1-3-7-17)40-26(28(42)45)41-27(44)20(13-15-30(35,36)37)19(25(38)43)12-14-29(32,33)34/h1-11,16,19-20,26H,12-15H2,(H2,38,43)(H,41,44)/t19-,20+,26-/m1/s1. The van der Waals surface area contributed by atoms with E-state index in [1.165, 1.54) is 18.3 Å². The fourth-order valence-electron chi connectivity index (χ4n) is 4.96. The number of hydrogen-bond acceptors (Lipinski definition) is 5. The van der Waals surface area contributed by atoms with Crippen LogP contribution in [0.5, 0.6) is 0 Å². The summed E-state index contributed by atoms with van der Waals surface area (Å²) in [5, 5.41) is 2.55. The molecule has 3 atom stereocenters. The van der Waals surface area contributed by atoms with Gasteiger partial charge in [-0.25, -0.2) is 9.98 Å². The van der Waals surface area contributed by atoms with Gasteiger partial charge in [0, 0.05) is 42.0 Å². The predicted molar refractivity (Wildman–Crippen MR) is 154 cm³/mol. The average molecular weight is 654 g/mol. The van der Waals surface area contributed by atoms with Crippen LogP contribution in [0.1, 0.15) is 36.8 Å². The largest absolute Gasteiger partial charge is 0.389 e. The van der Waals surface area contributed by atoms with Crippen molar-refractivity contribution in [2.75, 3.05) is 4.90 Å². The van der Waals surface area contributed by atoms with E-state index < -0.39 is 73.8 Å². The molecule has 45 heavy (non-hydrogen) atoms. The van der Waals surface area contributed by atoms with Crippen molar-refractivity contribution in [2.45, 2.75) is 44.2 Å². The van der Waals surface area contributed by atoms with Gasteiger partial charge in [0.25, 0.3) is 5.91 Å². The second-order valence-corrected chi connectivity index (χ2v) is 10.6. The van der Waals surface area contributed by atoms with Crippen molar-refractivity contribution in [1.29, 1.82) is 0 Å². The molecule has 8 nitrogen and oxygen atoms in total. The van der Waals surface area contributed by atoms with E-state index >= 15 is 0 Å². The third-order valence-electron chi connectivity index (χ3n) is 7.05. The number of benzene rings is 2. The van der Waals surface area contributed by atoms with Gasteiger partial charge in [0.2, 0.25) is 18.0 Å². The molecule has 3 N–H and O–H groups in total. The number of aliphatic imine (C=N–C) groups is 1. The Labute approximate surface area is 258 Å². The molecule has 4 rings (SSSR count). The van der Waals surface area contributed by atoms with E-state index in [2.05, 4.69) is 15.3 Å². The molecule has 2 aromatic carbocycles. The number of hydrogen-bond donors (Lipinski definition) is 2. The van der Waals surface area contributed by atoms with Gasteiger partial charge in [0.1, 0.15) is 5.82 Å². The first-order chi connectivity index (χ1) is 21.1. The van der Waals surface area contributed by atoms with Crippen LogP contribution in [0.4, 0.5) is 37.8 Å². The first-order valence-electron chi connectivity index (χ1n) is 13.6. The van der Waals surface area contributed by atoms with Crippen molar-refractivity contribution < 1.29 is 40.7 Å². The summed E-state index contributed by atoms with van der Waals surface area (Å²) in [6.45, 7) is 0. The smallest absolute Gasteiger partial charge is 0.369 e. The molecule has 1 aliphatic rings. The van der Waals surface area contributed by atoms with Crippen LogP contribution in [0.3, 0.4) is 0 Å². The van der Waals surface area contributed by atoms with Gasteiger partial charge in [0.05, 0.1) is 16.4 Å². The number of fused-ring (bicyclic) bond motifs is 1. The number of carbonyl (C=O) groups excluding carboxylic acids is 3. The Hall–Kier alpha value is -4.46. The van der Waals surface area contributed by atoms with E-state index in [1.807, 2.05) is 0 Å². The van der Waals surface area contributed by atoms with Crippen LogP contribution in [0.2, 0.25) is 5.02 Å². The highest BCUT2D eigenvalue weighted by Crippen LogP contribution is 2.35. The summed E-state index contributed by atoms with van der Waals surface area (Å²) >= 11 is 5.99. The van der Waals surface area contributed by atoms with E-state index in [4.69, 9.17) is 17.3 Å². The monoisotopic (exact) mass is 653 g/mol. The average Bonchev–Trinajstić information content (AvgIpc) is 3.08. The summed E-state index contributed by atoms with van der Waals surface area (Å²) in [7, 11) is 0. The number of amides is 3. The number of primary amides is 1. The number of nitrogens with zero attached hydrogens (tertiary/aromatic N) is 3. The summed E-state index contributed by atoms with van der Waals surface area (Å²) < 4.78 is 78.8. The van der Waals surface area contributed by atoms with Crippen molar-refractivity contribution in [1.82, 2.24) is 10.3 Å². The molecular formula is C30H26ClF6N5O3. The van der Waals surface area contributed by atoms with Crippen LogP contribution >= 0.6 is 11.6 Å². The van der Waals surface area contributed by atoms with Gasteiger partial charge in [-0.2, -0.15) is 26.3 Å². The lowest BCUT2D eigenvalue weighted by atomic mass is 9.83. The van der Waals surface area contributed by atoms with E-state index in [0.717, 1.165) is 4.90 Å². The second kappa shape index (κ2) is 13.7. The number of anilines is 2. The zero-order valence-electron chi connectivity index (χ0n) is 23.3. The Bertz CT molecular complexity index is 1560. The normalized spacial score (nSPS) is 16.7. The molecule has 2 heterocycles. The number of benzodiazepines with no additional fused rings is 1. The number of carbonyl (C=O) groups is 3. The van der Waals surface area contributed by atoms with Gasteiger partial charge in [-0.15, -0.1) is 0 Å². The third kappa shape index (κ3) is 8.59. The second-order valence-electron chi connectivity index (χ2n) is 10.2. The quantitative estimate of drug-likeness (QED) is 0.257. The Morgan fingerprint density at radius 1 is 0.889 bits per heavy atom. The minimum absolute atomic E-state index is 0.0643. The molecular weight excluding hydrogens is 628 g/mol. The highest BCUT2D eigenvalue weighted by atomic mass is 35.5. The number of para-hydroxylation sites is 1. The summed E-state index contributed by atoms with van der Waals surface area (Å²) in [4.78, 5) is 49.8. The zero-order chi connectivity index (χ0) is 32.9. The Morgan fingerprint density at radius 2 is 1.49 bits per heavy atom.